The molecule has 0 spiro atoms. The molecule has 0 aromatic carbocycles. The fraction of sp³-hybridized carbons (Fsp3) is 0.851. The van der Waals surface area contributed by atoms with Crippen molar-refractivity contribution >= 4 is 5.97 Å². The van der Waals surface area contributed by atoms with Gasteiger partial charge in [0.2, 0.25) is 0 Å². The Labute approximate surface area is 319 Å². The average molecular weight is 717 g/mol. The minimum atomic E-state index is -0.546. The number of unbranched alkanes of at least 4 members (excludes halogenated alkanes) is 28. The average Bonchev–Trinajstić information content (AvgIpc) is 3.14. The van der Waals surface area contributed by atoms with Crippen molar-refractivity contribution in [2.24, 2.45) is 0 Å². The molecule has 51 heavy (non-hydrogen) atoms. The zero-order valence-corrected chi connectivity index (χ0v) is 34.4. The largest absolute Gasteiger partial charge is 0.457 e. The Morgan fingerprint density at radius 1 is 0.490 bits per heavy atom. The van der Waals surface area contributed by atoms with E-state index in [2.05, 4.69) is 50.3 Å². The van der Waals surface area contributed by atoms with Crippen LogP contribution in [-0.4, -0.2) is 37.0 Å². The summed E-state index contributed by atoms with van der Waals surface area (Å²) in [5.74, 6) is -0.226. The molecule has 1 atom stereocenters. The number of aliphatic hydroxyl groups is 1. The van der Waals surface area contributed by atoms with E-state index in [1.54, 1.807) is 0 Å². The van der Waals surface area contributed by atoms with E-state index in [9.17, 15) is 9.90 Å². The molecule has 0 saturated heterocycles. The summed E-state index contributed by atoms with van der Waals surface area (Å²) in [6, 6.07) is 0. The molecule has 0 saturated carbocycles. The summed E-state index contributed by atoms with van der Waals surface area (Å²) in [7, 11) is 0. The minimum Gasteiger partial charge on any atom is -0.457 e. The molecule has 0 rings (SSSR count). The molecule has 4 nitrogen and oxygen atoms in total. The number of hydrogen-bond acceptors (Lipinski definition) is 4. The molecular formula is C47H88O4. The second kappa shape index (κ2) is 44.8. The van der Waals surface area contributed by atoms with Gasteiger partial charge in [0.15, 0.2) is 0 Å². The lowest BCUT2D eigenvalue weighted by Gasteiger charge is -2.15. The van der Waals surface area contributed by atoms with E-state index in [-0.39, 0.29) is 19.2 Å². The SMILES string of the molecule is CC/C=C\C/C=C\C/C=C\CCCCCC(=O)OC(CO)COCCCCCCCCCCCCCCCCCCCCCCCCCCCC. The van der Waals surface area contributed by atoms with Crippen LogP contribution in [0.25, 0.3) is 0 Å². The summed E-state index contributed by atoms with van der Waals surface area (Å²) in [6.07, 6.45) is 56.6. The van der Waals surface area contributed by atoms with Crippen LogP contribution in [0.1, 0.15) is 232 Å². The molecule has 0 bridgehead atoms. The maximum Gasteiger partial charge on any atom is 0.306 e. The highest BCUT2D eigenvalue weighted by Gasteiger charge is 2.13. The summed E-state index contributed by atoms with van der Waals surface area (Å²) in [5, 5.41) is 9.59. The van der Waals surface area contributed by atoms with Gasteiger partial charge in [-0.1, -0.05) is 217 Å². The molecule has 0 aromatic rings. The van der Waals surface area contributed by atoms with Gasteiger partial charge >= 0.3 is 5.97 Å². The van der Waals surface area contributed by atoms with Gasteiger partial charge in [-0.15, -0.1) is 0 Å². The van der Waals surface area contributed by atoms with Crippen LogP contribution in [-0.2, 0) is 14.3 Å². The number of ether oxygens (including phenoxy) is 2. The van der Waals surface area contributed by atoms with Crippen LogP contribution in [0.3, 0.4) is 0 Å². The number of rotatable bonds is 42. The third-order valence-corrected chi connectivity index (χ3v) is 9.98. The van der Waals surface area contributed by atoms with E-state index in [4.69, 9.17) is 9.47 Å². The highest BCUT2D eigenvalue weighted by molar-refractivity contribution is 5.69. The minimum absolute atomic E-state index is 0.181. The summed E-state index contributed by atoms with van der Waals surface area (Å²) < 4.78 is 11.1. The van der Waals surface area contributed by atoms with Crippen LogP contribution in [0.5, 0.6) is 0 Å². The number of aliphatic hydroxyl groups excluding tert-OH is 1. The smallest absolute Gasteiger partial charge is 0.306 e. The summed E-state index contributed by atoms with van der Waals surface area (Å²) in [4.78, 5) is 12.2. The Kier molecular flexibility index (Phi) is 43.5. The van der Waals surface area contributed by atoms with Crippen LogP contribution < -0.4 is 0 Å². The molecular weight excluding hydrogens is 629 g/mol. The maximum atomic E-state index is 12.2. The van der Waals surface area contributed by atoms with E-state index in [0.717, 1.165) is 51.4 Å². The van der Waals surface area contributed by atoms with Crippen LogP contribution >= 0.6 is 0 Å². The Hall–Kier alpha value is -1.39. The van der Waals surface area contributed by atoms with Gasteiger partial charge in [-0.25, -0.2) is 0 Å². The molecule has 300 valence electrons. The van der Waals surface area contributed by atoms with Crippen molar-refractivity contribution in [3.8, 4) is 0 Å². The molecule has 0 aliphatic rings. The van der Waals surface area contributed by atoms with Crippen molar-refractivity contribution in [1.29, 1.82) is 0 Å². The maximum absolute atomic E-state index is 12.2. The Bertz CT molecular complexity index is 757. The van der Waals surface area contributed by atoms with Crippen LogP contribution in [0.4, 0.5) is 0 Å². The molecule has 0 aromatic heterocycles. The van der Waals surface area contributed by atoms with Crippen molar-refractivity contribution in [2.45, 2.75) is 238 Å². The fourth-order valence-corrected chi connectivity index (χ4v) is 6.64. The predicted octanol–water partition coefficient (Wildman–Crippen LogP) is 14.9. The van der Waals surface area contributed by atoms with E-state index in [1.807, 2.05) is 0 Å². The van der Waals surface area contributed by atoms with E-state index in [1.165, 1.54) is 161 Å². The van der Waals surface area contributed by atoms with Crippen molar-refractivity contribution in [3.63, 3.8) is 0 Å². The molecule has 0 fully saturated rings. The number of esters is 1. The monoisotopic (exact) mass is 717 g/mol. The van der Waals surface area contributed by atoms with Gasteiger partial charge in [-0.05, 0) is 44.9 Å². The molecule has 1 unspecified atom stereocenters. The van der Waals surface area contributed by atoms with Gasteiger partial charge in [0.1, 0.15) is 6.10 Å². The first-order chi connectivity index (χ1) is 25.2. The van der Waals surface area contributed by atoms with Crippen LogP contribution in [0.15, 0.2) is 36.5 Å². The molecule has 4 heteroatoms. The molecule has 0 heterocycles. The zero-order chi connectivity index (χ0) is 37.0. The molecule has 0 amide bonds. The van der Waals surface area contributed by atoms with Crippen molar-refractivity contribution in [2.75, 3.05) is 19.8 Å². The fourth-order valence-electron chi connectivity index (χ4n) is 6.64. The Morgan fingerprint density at radius 3 is 1.31 bits per heavy atom. The quantitative estimate of drug-likeness (QED) is 0.0388. The van der Waals surface area contributed by atoms with Gasteiger partial charge < -0.3 is 14.6 Å². The van der Waals surface area contributed by atoms with Crippen LogP contribution in [0.2, 0.25) is 0 Å². The summed E-state index contributed by atoms with van der Waals surface area (Å²) >= 11 is 0. The number of hydrogen-bond donors (Lipinski definition) is 1. The number of carbonyl (C=O) groups is 1. The molecule has 1 N–H and O–H groups in total. The lowest BCUT2D eigenvalue weighted by atomic mass is 10.0. The zero-order valence-electron chi connectivity index (χ0n) is 34.4. The normalized spacial score (nSPS) is 12.6. The van der Waals surface area contributed by atoms with Crippen molar-refractivity contribution in [1.82, 2.24) is 0 Å². The van der Waals surface area contributed by atoms with E-state index < -0.39 is 6.10 Å². The lowest BCUT2D eigenvalue weighted by molar-refractivity contribution is -0.154. The van der Waals surface area contributed by atoms with Gasteiger partial charge in [0.25, 0.3) is 0 Å². The van der Waals surface area contributed by atoms with Gasteiger partial charge in [0, 0.05) is 13.0 Å². The second-order valence-corrected chi connectivity index (χ2v) is 15.1. The van der Waals surface area contributed by atoms with E-state index in [0.29, 0.717) is 13.0 Å². The Balaban J connectivity index is 3.35. The topological polar surface area (TPSA) is 55.8 Å². The Morgan fingerprint density at radius 2 is 0.882 bits per heavy atom. The third-order valence-electron chi connectivity index (χ3n) is 9.98. The summed E-state index contributed by atoms with van der Waals surface area (Å²) in [5.41, 5.74) is 0. The predicted molar refractivity (Wildman–Crippen MR) is 224 cm³/mol. The van der Waals surface area contributed by atoms with Gasteiger partial charge in [-0.2, -0.15) is 0 Å². The van der Waals surface area contributed by atoms with Gasteiger partial charge in [0.05, 0.1) is 13.2 Å². The van der Waals surface area contributed by atoms with Crippen molar-refractivity contribution in [3.05, 3.63) is 36.5 Å². The van der Waals surface area contributed by atoms with E-state index >= 15 is 0 Å². The second-order valence-electron chi connectivity index (χ2n) is 15.1. The first-order valence-electron chi connectivity index (χ1n) is 22.6. The molecule has 0 aliphatic carbocycles. The van der Waals surface area contributed by atoms with Crippen LogP contribution in [0, 0.1) is 0 Å². The summed E-state index contributed by atoms with van der Waals surface area (Å²) in [6.45, 7) is 5.23. The highest BCUT2D eigenvalue weighted by atomic mass is 16.6. The first-order valence-corrected chi connectivity index (χ1v) is 22.6. The first kappa shape index (κ1) is 49.6. The standard InChI is InChI=1S/C47H88O4/c1-3-5-7-9-11-13-15-17-18-19-20-21-22-23-24-25-26-27-28-29-31-33-35-37-39-41-43-50-45-46(44-48)51-47(49)42-40-38-36-34-32-30-16-14-12-10-8-6-4-2/h6,8,12,14,30,32,46,48H,3-5,7,9-11,13,15-29,31,33-45H2,1-2H3/b8-6-,14-12-,32-30-. The number of allylic oxidation sites excluding steroid dienone is 6. The number of carbonyl (C=O) groups excluding carboxylic acids is 1. The highest BCUT2D eigenvalue weighted by Crippen LogP contribution is 2.16. The third kappa shape index (κ3) is 42.9. The molecule has 0 radical (unpaired) electrons. The molecule has 0 aliphatic heterocycles. The van der Waals surface area contributed by atoms with Crippen molar-refractivity contribution < 1.29 is 19.4 Å². The lowest BCUT2D eigenvalue weighted by Crippen LogP contribution is -2.27. The van der Waals surface area contributed by atoms with Gasteiger partial charge in [-0.3, -0.25) is 4.79 Å².